The first-order chi connectivity index (χ1) is 17.8. The molecule has 8 nitrogen and oxygen atoms in total. The van der Waals surface area contributed by atoms with Crippen LogP contribution < -0.4 is 15.5 Å². The summed E-state index contributed by atoms with van der Waals surface area (Å²) in [5.74, 6) is -1.36. The third-order valence-corrected chi connectivity index (χ3v) is 6.05. The van der Waals surface area contributed by atoms with Gasteiger partial charge in [0.25, 0.3) is 17.7 Å². The quantitative estimate of drug-likeness (QED) is 0.353. The highest BCUT2D eigenvalue weighted by molar-refractivity contribution is 6.34. The van der Waals surface area contributed by atoms with E-state index in [1.165, 1.54) is 48.8 Å². The Hall–Kier alpha value is -4.92. The van der Waals surface area contributed by atoms with E-state index in [1.54, 1.807) is 0 Å². The molecule has 5 rings (SSSR count). The molecule has 1 aliphatic heterocycles. The van der Waals surface area contributed by atoms with Gasteiger partial charge in [-0.05, 0) is 73.5 Å². The van der Waals surface area contributed by atoms with Crippen LogP contribution in [0, 0.1) is 12.7 Å². The molecule has 0 spiro atoms. The van der Waals surface area contributed by atoms with Gasteiger partial charge in [-0.25, -0.2) is 19.3 Å². The van der Waals surface area contributed by atoms with Crippen molar-refractivity contribution < 1.29 is 18.8 Å². The van der Waals surface area contributed by atoms with E-state index in [-0.39, 0.29) is 22.4 Å². The molecule has 3 amide bonds. The molecule has 2 heterocycles. The van der Waals surface area contributed by atoms with Crippen LogP contribution in [0.1, 0.15) is 49.3 Å². The van der Waals surface area contributed by atoms with Gasteiger partial charge in [0.1, 0.15) is 18.0 Å². The monoisotopic (exact) mass is 495 g/mol. The lowest BCUT2D eigenvalue weighted by Gasteiger charge is -2.14. The molecular weight excluding hydrogens is 473 g/mol. The standard InChI is InChI=1S/C28H22FN5O3/c1-3-17-4-8-20(32-25-12-16(2)30-15-31-25)14-24(17)33-26(35)18-5-11-22-23(13-18)28(37)34(27(22)36)21-9-6-19(29)7-10-21/h4-15H,3H2,1-2H3,(H,33,35)(H,30,31,32). The number of anilines is 4. The normalized spacial score (nSPS) is 12.5. The zero-order chi connectivity index (χ0) is 26.1. The topological polar surface area (TPSA) is 104 Å². The Morgan fingerprint density at radius 1 is 0.919 bits per heavy atom. The lowest BCUT2D eigenvalue weighted by molar-refractivity contribution is 0.0925. The molecule has 0 saturated carbocycles. The van der Waals surface area contributed by atoms with E-state index in [9.17, 15) is 18.8 Å². The number of benzene rings is 3. The summed E-state index contributed by atoms with van der Waals surface area (Å²) in [6.45, 7) is 3.85. The number of imide groups is 1. The number of nitrogens with one attached hydrogen (secondary N) is 2. The number of carbonyl (C=O) groups is 3. The number of aromatic nitrogens is 2. The number of amides is 3. The molecule has 0 aliphatic carbocycles. The van der Waals surface area contributed by atoms with Gasteiger partial charge in [-0.15, -0.1) is 0 Å². The summed E-state index contributed by atoms with van der Waals surface area (Å²) in [4.78, 5) is 48.3. The molecule has 9 heteroatoms. The van der Waals surface area contributed by atoms with E-state index in [0.717, 1.165) is 21.8 Å². The minimum atomic E-state index is -0.568. The zero-order valence-corrected chi connectivity index (χ0v) is 20.1. The lowest BCUT2D eigenvalue weighted by atomic mass is 10.0. The maximum absolute atomic E-state index is 13.3. The SMILES string of the molecule is CCc1ccc(Nc2cc(C)ncn2)cc1NC(=O)c1ccc2c(c1)C(=O)N(c1ccc(F)cc1)C2=O. The van der Waals surface area contributed by atoms with Gasteiger partial charge in [0.05, 0.1) is 16.8 Å². The van der Waals surface area contributed by atoms with Crippen LogP contribution in [0.2, 0.25) is 0 Å². The minimum Gasteiger partial charge on any atom is -0.340 e. The summed E-state index contributed by atoms with van der Waals surface area (Å²) in [6, 6.07) is 16.9. The van der Waals surface area contributed by atoms with Crippen LogP contribution in [-0.4, -0.2) is 27.7 Å². The highest BCUT2D eigenvalue weighted by Gasteiger charge is 2.37. The maximum Gasteiger partial charge on any atom is 0.266 e. The van der Waals surface area contributed by atoms with Crippen LogP contribution in [0.25, 0.3) is 0 Å². The Morgan fingerprint density at radius 2 is 1.68 bits per heavy atom. The van der Waals surface area contributed by atoms with Gasteiger partial charge in [-0.1, -0.05) is 13.0 Å². The fraction of sp³-hybridized carbons (Fsp3) is 0.107. The second-order valence-corrected chi connectivity index (χ2v) is 8.53. The van der Waals surface area contributed by atoms with Gasteiger partial charge in [0.2, 0.25) is 0 Å². The average Bonchev–Trinajstić information content (AvgIpc) is 3.14. The third kappa shape index (κ3) is 4.66. The molecule has 0 atom stereocenters. The highest BCUT2D eigenvalue weighted by atomic mass is 19.1. The van der Waals surface area contributed by atoms with Gasteiger partial charge < -0.3 is 10.6 Å². The summed E-state index contributed by atoms with van der Waals surface area (Å²) in [5, 5.41) is 6.12. The Kier molecular flexibility index (Phi) is 6.19. The lowest BCUT2D eigenvalue weighted by Crippen LogP contribution is -2.29. The van der Waals surface area contributed by atoms with E-state index in [0.29, 0.717) is 17.9 Å². The smallest absolute Gasteiger partial charge is 0.266 e. The van der Waals surface area contributed by atoms with E-state index in [2.05, 4.69) is 20.6 Å². The van der Waals surface area contributed by atoms with Gasteiger partial charge in [0.15, 0.2) is 0 Å². The molecule has 0 bridgehead atoms. The first kappa shape index (κ1) is 23.8. The number of aryl methyl sites for hydroxylation is 2. The number of nitrogens with zero attached hydrogens (tertiary/aromatic N) is 3. The first-order valence-electron chi connectivity index (χ1n) is 11.6. The van der Waals surface area contributed by atoms with Crippen molar-refractivity contribution >= 4 is 40.6 Å². The van der Waals surface area contributed by atoms with Gasteiger partial charge in [0, 0.05) is 28.7 Å². The summed E-state index contributed by atoms with van der Waals surface area (Å²) < 4.78 is 13.3. The van der Waals surface area contributed by atoms with E-state index in [1.807, 2.05) is 38.1 Å². The first-order valence-corrected chi connectivity index (χ1v) is 11.6. The van der Waals surface area contributed by atoms with Crippen LogP contribution in [0.5, 0.6) is 0 Å². The molecule has 1 aromatic heterocycles. The molecular formula is C28H22FN5O3. The van der Waals surface area contributed by atoms with Crippen molar-refractivity contribution in [1.29, 1.82) is 0 Å². The highest BCUT2D eigenvalue weighted by Crippen LogP contribution is 2.30. The Bertz CT molecular complexity index is 1550. The average molecular weight is 496 g/mol. The molecule has 2 N–H and O–H groups in total. The van der Waals surface area contributed by atoms with Crippen molar-refractivity contribution in [2.45, 2.75) is 20.3 Å². The molecule has 0 radical (unpaired) electrons. The largest absolute Gasteiger partial charge is 0.340 e. The second-order valence-electron chi connectivity index (χ2n) is 8.53. The molecule has 3 aromatic carbocycles. The van der Waals surface area contributed by atoms with Crippen molar-refractivity contribution in [2.75, 3.05) is 15.5 Å². The van der Waals surface area contributed by atoms with Gasteiger partial charge in [-0.3, -0.25) is 14.4 Å². The van der Waals surface area contributed by atoms with Gasteiger partial charge >= 0.3 is 0 Å². The summed E-state index contributed by atoms with van der Waals surface area (Å²) in [7, 11) is 0. The Morgan fingerprint density at radius 3 is 2.41 bits per heavy atom. The van der Waals surface area contributed by atoms with E-state index in [4.69, 9.17) is 0 Å². The molecule has 0 unspecified atom stereocenters. The fourth-order valence-corrected chi connectivity index (χ4v) is 4.15. The predicted molar refractivity (Wildman–Crippen MR) is 138 cm³/mol. The summed E-state index contributed by atoms with van der Waals surface area (Å²) in [6.07, 6.45) is 2.16. The van der Waals surface area contributed by atoms with Crippen molar-refractivity contribution in [3.05, 3.63) is 107 Å². The second kappa shape index (κ2) is 9.62. The molecule has 0 fully saturated rings. The van der Waals surface area contributed by atoms with Gasteiger partial charge in [-0.2, -0.15) is 0 Å². The van der Waals surface area contributed by atoms with Crippen molar-refractivity contribution in [3.63, 3.8) is 0 Å². The fourth-order valence-electron chi connectivity index (χ4n) is 4.15. The molecule has 0 saturated heterocycles. The third-order valence-electron chi connectivity index (χ3n) is 6.05. The molecule has 37 heavy (non-hydrogen) atoms. The van der Waals surface area contributed by atoms with Crippen LogP contribution in [0.3, 0.4) is 0 Å². The zero-order valence-electron chi connectivity index (χ0n) is 20.1. The number of hydrogen-bond acceptors (Lipinski definition) is 6. The van der Waals surface area contributed by atoms with Crippen molar-refractivity contribution in [3.8, 4) is 0 Å². The minimum absolute atomic E-state index is 0.118. The van der Waals surface area contributed by atoms with E-state index >= 15 is 0 Å². The van der Waals surface area contributed by atoms with E-state index < -0.39 is 23.5 Å². The number of carbonyl (C=O) groups excluding carboxylic acids is 3. The Labute approximate surface area is 212 Å². The Balaban J connectivity index is 1.39. The molecule has 1 aliphatic rings. The molecule has 4 aromatic rings. The number of fused-ring (bicyclic) bond motifs is 1. The van der Waals surface area contributed by atoms with Crippen LogP contribution >= 0.6 is 0 Å². The van der Waals surface area contributed by atoms with Crippen molar-refractivity contribution in [1.82, 2.24) is 9.97 Å². The number of halogens is 1. The van der Waals surface area contributed by atoms with Crippen LogP contribution in [-0.2, 0) is 6.42 Å². The maximum atomic E-state index is 13.3. The van der Waals surface area contributed by atoms with Crippen LogP contribution in [0.15, 0.2) is 73.1 Å². The predicted octanol–water partition coefficient (Wildman–Crippen LogP) is 5.28. The summed E-state index contributed by atoms with van der Waals surface area (Å²) in [5.41, 5.74) is 3.88. The van der Waals surface area contributed by atoms with Crippen molar-refractivity contribution in [2.24, 2.45) is 0 Å². The number of rotatable bonds is 6. The van der Waals surface area contributed by atoms with Crippen LogP contribution in [0.4, 0.5) is 27.3 Å². The molecule has 184 valence electrons. The number of hydrogen-bond donors (Lipinski definition) is 2. The summed E-state index contributed by atoms with van der Waals surface area (Å²) >= 11 is 0.